The maximum absolute atomic E-state index is 11.5. The predicted molar refractivity (Wildman–Crippen MR) is 60.5 cm³/mol. The van der Waals surface area contributed by atoms with Gasteiger partial charge in [-0.3, -0.25) is 15.0 Å². The Hall–Kier alpha value is -1.94. The molecule has 2 rings (SSSR count). The fourth-order valence-electron chi connectivity index (χ4n) is 1.77. The summed E-state index contributed by atoms with van der Waals surface area (Å²) in [6.07, 6.45) is 0. The lowest BCUT2D eigenvalue weighted by Gasteiger charge is -2.07. The van der Waals surface area contributed by atoms with Gasteiger partial charge in [-0.15, -0.1) is 0 Å². The predicted octanol–water partition coefficient (Wildman–Crippen LogP) is 1.97. The smallest absolute Gasteiger partial charge is 0.275 e. The summed E-state index contributed by atoms with van der Waals surface area (Å²) in [5.41, 5.74) is 4.64. The zero-order valence-corrected chi connectivity index (χ0v) is 9.11. The molecule has 2 aromatic rings. The standard InChI is InChI=1S/C12H12N2O2/c1-7-4-3-5-9-10(12(15)14-16)6-8(2)13-11(7)9/h3-6,16H,1-2H3,(H,14,15). The molecule has 0 radical (unpaired) electrons. The van der Waals surface area contributed by atoms with Gasteiger partial charge >= 0.3 is 0 Å². The Morgan fingerprint density at radius 3 is 2.81 bits per heavy atom. The molecular formula is C12H12N2O2. The molecule has 0 fully saturated rings. The van der Waals surface area contributed by atoms with Crippen LogP contribution in [0.5, 0.6) is 0 Å². The first-order valence-corrected chi connectivity index (χ1v) is 4.95. The number of fused-ring (bicyclic) bond motifs is 1. The van der Waals surface area contributed by atoms with Gasteiger partial charge < -0.3 is 0 Å². The van der Waals surface area contributed by atoms with Gasteiger partial charge in [0.2, 0.25) is 0 Å². The van der Waals surface area contributed by atoms with Crippen molar-refractivity contribution in [1.29, 1.82) is 0 Å². The van der Waals surface area contributed by atoms with Gasteiger partial charge in [-0.1, -0.05) is 18.2 Å². The second kappa shape index (κ2) is 3.90. The van der Waals surface area contributed by atoms with Crippen molar-refractivity contribution in [2.75, 3.05) is 0 Å². The van der Waals surface area contributed by atoms with Gasteiger partial charge in [0.25, 0.3) is 5.91 Å². The topological polar surface area (TPSA) is 62.2 Å². The van der Waals surface area contributed by atoms with Crippen molar-refractivity contribution in [1.82, 2.24) is 10.5 Å². The molecule has 0 aliphatic carbocycles. The molecule has 0 unspecified atom stereocenters. The van der Waals surface area contributed by atoms with Crippen LogP contribution in [-0.2, 0) is 0 Å². The van der Waals surface area contributed by atoms with E-state index >= 15 is 0 Å². The average molecular weight is 216 g/mol. The highest BCUT2D eigenvalue weighted by Crippen LogP contribution is 2.21. The number of amides is 1. The van der Waals surface area contributed by atoms with Crippen LogP contribution >= 0.6 is 0 Å². The van der Waals surface area contributed by atoms with Crippen LogP contribution < -0.4 is 5.48 Å². The minimum Gasteiger partial charge on any atom is -0.288 e. The lowest BCUT2D eigenvalue weighted by molar-refractivity contribution is 0.0708. The van der Waals surface area contributed by atoms with Crippen molar-refractivity contribution in [3.05, 3.63) is 41.1 Å². The summed E-state index contributed by atoms with van der Waals surface area (Å²) >= 11 is 0. The Balaban J connectivity index is 2.83. The highest BCUT2D eigenvalue weighted by Gasteiger charge is 2.11. The molecule has 0 atom stereocenters. The molecule has 0 aliphatic rings. The lowest BCUT2D eigenvalue weighted by atomic mass is 10.0. The molecule has 1 aromatic carbocycles. The molecule has 4 heteroatoms. The second-order valence-corrected chi connectivity index (χ2v) is 3.72. The SMILES string of the molecule is Cc1cc(C(=O)NO)c2cccc(C)c2n1. The number of carbonyl (C=O) groups is 1. The average Bonchev–Trinajstić information content (AvgIpc) is 2.28. The Morgan fingerprint density at radius 2 is 2.12 bits per heavy atom. The van der Waals surface area contributed by atoms with E-state index in [9.17, 15) is 4.79 Å². The van der Waals surface area contributed by atoms with Crippen molar-refractivity contribution in [3.8, 4) is 0 Å². The lowest BCUT2D eigenvalue weighted by Crippen LogP contribution is -2.19. The van der Waals surface area contributed by atoms with Crippen LogP contribution in [0.1, 0.15) is 21.6 Å². The van der Waals surface area contributed by atoms with Crippen molar-refractivity contribution in [2.45, 2.75) is 13.8 Å². The van der Waals surface area contributed by atoms with Gasteiger partial charge in [-0.2, -0.15) is 0 Å². The van der Waals surface area contributed by atoms with E-state index < -0.39 is 5.91 Å². The zero-order valence-electron chi connectivity index (χ0n) is 9.11. The van der Waals surface area contributed by atoms with Crippen LogP contribution in [-0.4, -0.2) is 16.1 Å². The van der Waals surface area contributed by atoms with E-state index in [0.717, 1.165) is 22.2 Å². The third-order valence-corrected chi connectivity index (χ3v) is 2.52. The van der Waals surface area contributed by atoms with Gasteiger partial charge in [0.15, 0.2) is 0 Å². The Labute approximate surface area is 92.9 Å². The highest BCUT2D eigenvalue weighted by atomic mass is 16.5. The quantitative estimate of drug-likeness (QED) is 0.566. The summed E-state index contributed by atoms with van der Waals surface area (Å²) in [6, 6.07) is 7.28. The fraction of sp³-hybridized carbons (Fsp3) is 0.167. The summed E-state index contributed by atoms with van der Waals surface area (Å²) in [6.45, 7) is 3.76. The minimum atomic E-state index is -0.513. The minimum absolute atomic E-state index is 0.439. The summed E-state index contributed by atoms with van der Waals surface area (Å²) in [7, 11) is 0. The molecule has 2 N–H and O–H groups in total. The number of aromatic nitrogens is 1. The summed E-state index contributed by atoms with van der Waals surface area (Å²) in [5, 5.41) is 9.44. The van der Waals surface area contributed by atoms with Crippen LogP contribution in [0.15, 0.2) is 24.3 Å². The van der Waals surface area contributed by atoms with E-state index in [1.54, 1.807) is 11.5 Å². The summed E-state index contributed by atoms with van der Waals surface area (Å²) in [5.74, 6) is -0.513. The van der Waals surface area contributed by atoms with Crippen LogP contribution in [0.25, 0.3) is 10.9 Å². The van der Waals surface area contributed by atoms with Gasteiger partial charge in [0.1, 0.15) is 0 Å². The maximum atomic E-state index is 11.5. The largest absolute Gasteiger partial charge is 0.288 e. The monoisotopic (exact) mass is 216 g/mol. The number of pyridine rings is 1. The summed E-state index contributed by atoms with van der Waals surface area (Å²) in [4.78, 5) is 15.9. The van der Waals surface area contributed by atoms with Crippen molar-refractivity contribution < 1.29 is 10.0 Å². The van der Waals surface area contributed by atoms with Gasteiger partial charge in [0.05, 0.1) is 11.1 Å². The van der Waals surface area contributed by atoms with E-state index in [4.69, 9.17) is 5.21 Å². The second-order valence-electron chi connectivity index (χ2n) is 3.72. The first kappa shape index (κ1) is 10.6. The van der Waals surface area contributed by atoms with E-state index in [-0.39, 0.29) is 0 Å². The Kier molecular flexibility index (Phi) is 2.58. The van der Waals surface area contributed by atoms with E-state index in [1.807, 2.05) is 32.0 Å². The van der Waals surface area contributed by atoms with Crippen LogP contribution in [0.4, 0.5) is 0 Å². The Morgan fingerprint density at radius 1 is 1.38 bits per heavy atom. The molecule has 1 aromatic heterocycles. The van der Waals surface area contributed by atoms with E-state index in [1.165, 1.54) is 0 Å². The first-order valence-electron chi connectivity index (χ1n) is 4.95. The van der Waals surface area contributed by atoms with Crippen molar-refractivity contribution in [3.63, 3.8) is 0 Å². The van der Waals surface area contributed by atoms with Crippen LogP contribution in [0.2, 0.25) is 0 Å². The summed E-state index contributed by atoms with van der Waals surface area (Å²) < 4.78 is 0. The molecule has 0 saturated carbocycles. The zero-order chi connectivity index (χ0) is 11.7. The third-order valence-electron chi connectivity index (χ3n) is 2.52. The first-order chi connectivity index (χ1) is 7.63. The number of rotatable bonds is 1. The van der Waals surface area contributed by atoms with Gasteiger partial charge in [-0.05, 0) is 25.5 Å². The molecule has 82 valence electrons. The number of hydroxylamine groups is 1. The molecule has 0 saturated heterocycles. The molecule has 1 heterocycles. The number of nitrogens with one attached hydrogen (secondary N) is 1. The molecule has 16 heavy (non-hydrogen) atoms. The molecule has 0 bridgehead atoms. The number of benzene rings is 1. The number of hydrogen-bond donors (Lipinski definition) is 2. The van der Waals surface area contributed by atoms with Gasteiger partial charge in [-0.25, -0.2) is 5.48 Å². The van der Waals surface area contributed by atoms with E-state index in [2.05, 4.69) is 4.98 Å². The van der Waals surface area contributed by atoms with Gasteiger partial charge in [0, 0.05) is 11.1 Å². The maximum Gasteiger partial charge on any atom is 0.275 e. The van der Waals surface area contributed by atoms with Crippen molar-refractivity contribution >= 4 is 16.8 Å². The number of para-hydroxylation sites is 1. The molecular weight excluding hydrogens is 204 g/mol. The third kappa shape index (κ3) is 1.63. The number of carbonyl (C=O) groups excluding carboxylic acids is 1. The Bertz CT molecular complexity index is 564. The number of hydrogen-bond acceptors (Lipinski definition) is 3. The van der Waals surface area contributed by atoms with Crippen LogP contribution in [0.3, 0.4) is 0 Å². The fourth-order valence-corrected chi connectivity index (χ4v) is 1.77. The van der Waals surface area contributed by atoms with E-state index in [0.29, 0.717) is 5.56 Å². The molecule has 1 amide bonds. The normalized spacial score (nSPS) is 10.4. The van der Waals surface area contributed by atoms with Crippen molar-refractivity contribution in [2.24, 2.45) is 0 Å². The highest BCUT2D eigenvalue weighted by molar-refractivity contribution is 6.06. The molecule has 4 nitrogen and oxygen atoms in total. The number of aryl methyl sites for hydroxylation is 2. The number of nitrogens with zero attached hydrogens (tertiary/aromatic N) is 1. The van der Waals surface area contributed by atoms with Crippen LogP contribution in [0, 0.1) is 13.8 Å². The molecule has 0 aliphatic heterocycles. The molecule has 0 spiro atoms.